The molecule has 0 amide bonds. The van der Waals surface area contributed by atoms with Crippen LogP contribution in [0.3, 0.4) is 0 Å². The van der Waals surface area contributed by atoms with E-state index in [4.69, 9.17) is 0 Å². The molecule has 0 N–H and O–H groups in total. The first kappa shape index (κ1) is 21.7. The Hall–Kier alpha value is -1.38. The standard InChI is InChI=1S/C10H11F9N2O3S/c1-3-21-5-4-20(2)6(21)24-25(22,23)10(18,19)8(13,14)7(11,12)9(15,16)17/h4-6H,3H2,1-2H3. The summed E-state index contributed by atoms with van der Waals surface area (Å²) >= 11 is 0. The number of alkyl halides is 9. The van der Waals surface area contributed by atoms with Crippen molar-refractivity contribution >= 4 is 10.1 Å². The summed E-state index contributed by atoms with van der Waals surface area (Å²) in [4.78, 5) is 1.67. The summed E-state index contributed by atoms with van der Waals surface area (Å²) in [6.07, 6.45) is -6.92. The molecule has 15 heteroatoms. The van der Waals surface area contributed by atoms with Gasteiger partial charge < -0.3 is 9.80 Å². The Kier molecular flexibility index (Phi) is 5.29. The minimum Gasteiger partial charge on any atom is -0.336 e. The molecule has 25 heavy (non-hydrogen) atoms. The number of halogens is 9. The lowest BCUT2D eigenvalue weighted by Crippen LogP contribution is -2.64. The minimum atomic E-state index is -7.33. The fourth-order valence-corrected chi connectivity index (χ4v) is 2.68. The molecule has 0 fully saturated rings. The normalized spacial score (nSPS) is 20.5. The molecule has 5 nitrogen and oxygen atoms in total. The molecule has 1 aliphatic rings. The van der Waals surface area contributed by atoms with Gasteiger partial charge in [0.05, 0.1) is 0 Å². The van der Waals surface area contributed by atoms with E-state index in [9.17, 15) is 47.9 Å². The van der Waals surface area contributed by atoms with Crippen molar-refractivity contribution in [1.82, 2.24) is 9.80 Å². The molecule has 0 aromatic carbocycles. The van der Waals surface area contributed by atoms with Crippen molar-refractivity contribution in [2.45, 2.75) is 36.6 Å². The van der Waals surface area contributed by atoms with Crippen LogP contribution in [-0.2, 0) is 14.3 Å². The molecular weight excluding hydrogens is 399 g/mol. The van der Waals surface area contributed by atoms with Gasteiger partial charge in [0.15, 0.2) is 0 Å². The third-order valence-corrected chi connectivity index (χ3v) is 4.44. The largest absolute Gasteiger partial charge is 0.460 e. The molecule has 0 spiro atoms. The first-order chi connectivity index (χ1) is 10.9. The molecule has 0 aromatic heterocycles. The summed E-state index contributed by atoms with van der Waals surface area (Å²) in [7, 11) is -5.84. The van der Waals surface area contributed by atoms with Crippen LogP contribution in [0.5, 0.6) is 0 Å². The zero-order valence-corrected chi connectivity index (χ0v) is 13.2. The molecule has 0 aliphatic carbocycles. The average Bonchev–Trinajstić information content (AvgIpc) is 2.77. The summed E-state index contributed by atoms with van der Waals surface area (Å²) < 4.78 is 142. The van der Waals surface area contributed by atoms with Crippen LogP contribution in [-0.4, -0.2) is 61.4 Å². The molecule has 0 radical (unpaired) electrons. The van der Waals surface area contributed by atoms with Crippen LogP contribution in [0.1, 0.15) is 6.92 Å². The fourth-order valence-electron chi connectivity index (χ4n) is 1.65. The Labute approximate surface area is 135 Å². The SMILES string of the molecule is CCN1C=CN(C)C1OS(=O)(=O)C(F)(F)C(F)(F)C(F)(F)C(F)(F)F. The highest BCUT2D eigenvalue weighted by molar-refractivity contribution is 7.87. The van der Waals surface area contributed by atoms with E-state index in [-0.39, 0.29) is 6.54 Å². The molecule has 0 saturated carbocycles. The van der Waals surface area contributed by atoms with Crippen molar-refractivity contribution in [3.63, 3.8) is 0 Å². The predicted octanol–water partition coefficient (Wildman–Crippen LogP) is 2.78. The third kappa shape index (κ3) is 3.22. The molecule has 1 atom stereocenters. The number of hydrogen-bond acceptors (Lipinski definition) is 5. The summed E-state index contributed by atoms with van der Waals surface area (Å²) in [5, 5.41) is -6.87. The van der Waals surface area contributed by atoms with Crippen molar-refractivity contribution in [3.8, 4) is 0 Å². The van der Waals surface area contributed by atoms with Gasteiger partial charge in [0.2, 0.25) is 6.35 Å². The Morgan fingerprint density at radius 1 is 0.960 bits per heavy atom. The average molecular weight is 410 g/mol. The number of nitrogens with zero attached hydrogens (tertiary/aromatic N) is 2. The molecule has 0 saturated heterocycles. The zero-order valence-electron chi connectivity index (χ0n) is 12.4. The van der Waals surface area contributed by atoms with Gasteiger partial charge in [-0.3, -0.25) is 0 Å². The Morgan fingerprint density at radius 3 is 1.84 bits per heavy atom. The monoisotopic (exact) mass is 410 g/mol. The maximum Gasteiger partial charge on any atom is 0.460 e. The Bertz CT molecular complexity index is 632. The van der Waals surface area contributed by atoms with E-state index in [0.717, 1.165) is 29.2 Å². The van der Waals surface area contributed by atoms with Gasteiger partial charge in [0.25, 0.3) is 0 Å². The Morgan fingerprint density at radius 2 is 1.44 bits per heavy atom. The van der Waals surface area contributed by atoms with Gasteiger partial charge in [-0.05, 0) is 6.92 Å². The highest BCUT2D eigenvalue weighted by Crippen LogP contribution is 2.55. The van der Waals surface area contributed by atoms with Crippen molar-refractivity contribution in [3.05, 3.63) is 12.4 Å². The molecule has 148 valence electrons. The first-order valence-corrected chi connectivity index (χ1v) is 7.64. The summed E-state index contributed by atoms with van der Waals surface area (Å²) in [6, 6.07) is 0. The zero-order chi connectivity index (χ0) is 20.1. The summed E-state index contributed by atoms with van der Waals surface area (Å²) in [5.74, 6) is -14.6. The van der Waals surface area contributed by atoms with Gasteiger partial charge in [0.1, 0.15) is 0 Å². The quantitative estimate of drug-likeness (QED) is 0.498. The van der Waals surface area contributed by atoms with Gasteiger partial charge in [-0.2, -0.15) is 47.9 Å². The van der Waals surface area contributed by atoms with Crippen LogP contribution in [0.25, 0.3) is 0 Å². The van der Waals surface area contributed by atoms with E-state index in [1.165, 1.54) is 6.92 Å². The van der Waals surface area contributed by atoms with Crippen LogP contribution in [0.15, 0.2) is 12.4 Å². The first-order valence-electron chi connectivity index (χ1n) is 6.23. The third-order valence-electron chi connectivity index (χ3n) is 3.13. The van der Waals surface area contributed by atoms with Gasteiger partial charge in [0, 0.05) is 26.0 Å². The second kappa shape index (κ2) is 6.10. The van der Waals surface area contributed by atoms with E-state index in [0.29, 0.717) is 0 Å². The van der Waals surface area contributed by atoms with Gasteiger partial charge in [-0.15, -0.1) is 0 Å². The predicted molar refractivity (Wildman–Crippen MR) is 64.0 cm³/mol. The lowest BCUT2D eigenvalue weighted by atomic mass is 10.1. The van der Waals surface area contributed by atoms with E-state index in [1.54, 1.807) is 0 Å². The van der Waals surface area contributed by atoms with Crippen molar-refractivity contribution in [1.29, 1.82) is 0 Å². The van der Waals surface area contributed by atoms with E-state index < -0.39 is 39.7 Å². The second-order valence-corrected chi connectivity index (χ2v) is 6.45. The van der Waals surface area contributed by atoms with Gasteiger partial charge >= 0.3 is 33.4 Å². The number of hydrogen-bond donors (Lipinski definition) is 0. The maximum atomic E-state index is 13.5. The van der Waals surface area contributed by atoms with E-state index in [1.807, 2.05) is 0 Å². The van der Waals surface area contributed by atoms with Crippen LogP contribution < -0.4 is 0 Å². The molecule has 0 aromatic rings. The lowest BCUT2D eigenvalue weighted by molar-refractivity contribution is -0.383. The van der Waals surface area contributed by atoms with Crippen LogP contribution >= 0.6 is 0 Å². The van der Waals surface area contributed by atoms with Crippen molar-refractivity contribution in [2.75, 3.05) is 13.6 Å². The summed E-state index contributed by atoms with van der Waals surface area (Å²) in [6.45, 7) is 1.29. The van der Waals surface area contributed by atoms with Crippen molar-refractivity contribution in [2.24, 2.45) is 0 Å². The second-order valence-electron chi connectivity index (χ2n) is 4.83. The van der Waals surface area contributed by atoms with Crippen molar-refractivity contribution < 1.29 is 52.1 Å². The molecule has 1 aliphatic heterocycles. The molecule has 1 heterocycles. The fraction of sp³-hybridized carbons (Fsp3) is 0.800. The summed E-state index contributed by atoms with van der Waals surface area (Å²) in [5.41, 5.74) is 0. The highest BCUT2D eigenvalue weighted by atomic mass is 32.2. The highest BCUT2D eigenvalue weighted by Gasteiger charge is 2.86. The minimum absolute atomic E-state index is 0.0816. The van der Waals surface area contributed by atoms with Crippen LogP contribution in [0, 0.1) is 0 Å². The number of rotatable bonds is 6. The van der Waals surface area contributed by atoms with Crippen LogP contribution in [0.4, 0.5) is 39.5 Å². The smallest absolute Gasteiger partial charge is 0.336 e. The van der Waals surface area contributed by atoms with E-state index >= 15 is 0 Å². The topological polar surface area (TPSA) is 49.9 Å². The Balaban J connectivity index is 3.27. The molecular formula is C10H11F9N2O3S. The lowest BCUT2D eigenvalue weighted by Gasteiger charge is -2.34. The molecule has 0 bridgehead atoms. The van der Waals surface area contributed by atoms with E-state index in [2.05, 4.69) is 4.18 Å². The van der Waals surface area contributed by atoms with Gasteiger partial charge in [-0.1, -0.05) is 0 Å². The van der Waals surface area contributed by atoms with Crippen LogP contribution in [0.2, 0.25) is 0 Å². The maximum absolute atomic E-state index is 13.5. The van der Waals surface area contributed by atoms with Gasteiger partial charge in [-0.25, -0.2) is 4.18 Å². The molecule has 1 rings (SSSR count). The molecule has 1 unspecified atom stereocenters.